The molecule has 1 saturated heterocycles. The Bertz CT molecular complexity index is 1150. The molecule has 1 aliphatic heterocycles. The average Bonchev–Trinajstić information content (AvgIpc) is 3.49. The third kappa shape index (κ3) is 7.30. The molecular formula is C23H26F4N6O3. The highest BCUT2D eigenvalue weighted by atomic mass is 19.4. The average molecular weight is 510 g/mol. The van der Waals surface area contributed by atoms with Gasteiger partial charge in [-0.15, -0.1) is 0 Å². The third-order valence-corrected chi connectivity index (χ3v) is 5.71. The number of alkyl halides is 3. The van der Waals surface area contributed by atoms with E-state index in [1.807, 2.05) is 22.6 Å². The van der Waals surface area contributed by atoms with Crippen LogP contribution in [0.5, 0.6) is 0 Å². The number of nitrogens with one attached hydrogen (secondary N) is 2. The summed E-state index contributed by atoms with van der Waals surface area (Å²) in [6.45, 7) is 4.64. The molecule has 3 heterocycles. The van der Waals surface area contributed by atoms with Crippen LogP contribution in [-0.2, 0) is 11.3 Å². The molecule has 0 unspecified atom stereocenters. The van der Waals surface area contributed by atoms with E-state index >= 15 is 0 Å². The molecule has 0 radical (unpaired) electrons. The lowest BCUT2D eigenvalue weighted by Crippen LogP contribution is -2.45. The molecule has 4 rings (SSSR count). The van der Waals surface area contributed by atoms with Gasteiger partial charge in [-0.25, -0.2) is 23.9 Å². The van der Waals surface area contributed by atoms with E-state index in [1.54, 1.807) is 24.5 Å². The zero-order valence-electron chi connectivity index (χ0n) is 19.4. The van der Waals surface area contributed by atoms with E-state index in [4.69, 9.17) is 9.90 Å². The van der Waals surface area contributed by atoms with Crippen molar-refractivity contribution in [3.05, 3.63) is 60.3 Å². The van der Waals surface area contributed by atoms with Crippen molar-refractivity contribution in [2.45, 2.75) is 38.4 Å². The van der Waals surface area contributed by atoms with Crippen LogP contribution in [0.4, 0.5) is 22.4 Å². The largest absolute Gasteiger partial charge is 0.490 e. The minimum Gasteiger partial charge on any atom is -0.475 e. The summed E-state index contributed by atoms with van der Waals surface area (Å²) in [6, 6.07) is 6.35. The number of aromatic amines is 1. The number of H-pyrrole nitrogens is 1. The number of amides is 2. The maximum atomic E-state index is 13.1. The molecular weight excluding hydrogens is 484 g/mol. The number of urea groups is 1. The van der Waals surface area contributed by atoms with Crippen molar-refractivity contribution >= 4 is 12.0 Å². The molecule has 3 N–H and O–H groups in total. The van der Waals surface area contributed by atoms with Crippen LogP contribution in [0.3, 0.4) is 0 Å². The number of aromatic nitrogens is 4. The second kappa shape index (κ2) is 11.7. The van der Waals surface area contributed by atoms with Gasteiger partial charge in [0, 0.05) is 44.5 Å². The molecule has 1 fully saturated rings. The van der Waals surface area contributed by atoms with Gasteiger partial charge in [-0.2, -0.15) is 13.2 Å². The van der Waals surface area contributed by atoms with Crippen LogP contribution in [0.2, 0.25) is 0 Å². The molecule has 36 heavy (non-hydrogen) atoms. The van der Waals surface area contributed by atoms with Gasteiger partial charge >= 0.3 is 18.2 Å². The number of carboxylic acids is 1. The van der Waals surface area contributed by atoms with E-state index in [-0.39, 0.29) is 11.8 Å². The topological polar surface area (TPSA) is 116 Å². The summed E-state index contributed by atoms with van der Waals surface area (Å²) in [4.78, 5) is 35.2. The molecule has 0 bridgehead atoms. The van der Waals surface area contributed by atoms with Gasteiger partial charge in [0.15, 0.2) is 0 Å². The Kier molecular flexibility index (Phi) is 8.67. The summed E-state index contributed by atoms with van der Waals surface area (Å²) in [7, 11) is 0. The fraction of sp³-hybridized carbons (Fsp3) is 0.391. The minimum atomic E-state index is -5.08. The van der Waals surface area contributed by atoms with E-state index in [0.717, 1.165) is 35.7 Å². The Hall–Kier alpha value is -3.90. The zero-order valence-corrected chi connectivity index (χ0v) is 19.4. The summed E-state index contributed by atoms with van der Waals surface area (Å²) in [5.41, 5.74) is 1.80. The second-order valence-electron chi connectivity index (χ2n) is 8.15. The summed E-state index contributed by atoms with van der Waals surface area (Å²) >= 11 is 0. The van der Waals surface area contributed by atoms with Crippen molar-refractivity contribution in [1.82, 2.24) is 29.7 Å². The second-order valence-corrected chi connectivity index (χ2v) is 8.15. The van der Waals surface area contributed by atoms with Crippen LogP contribution in [0, 0.1) is 12.7 Å². The predicted molar refractivity (Wildman–Crippen MR) is 122 cm³/mol. The number of carboxylic acid groups (broad SMARTS) is 1. The molecule has 2 aromatic heterocycles. The maximum Gasteiger partial charge on any atom is 0.490 e. The van der Waals surface area contributed by atoms with Crippen molar-refractivity contribution in [2.75, 3.05) is 19.6 Å². The summed E-state index contributed by atoms with van der Waals surface area (Å²) in [6.07, 6.45) is 2.11. The number of hydrogen-bond acceptors (Lipinski definition) is 4. The van der Waals surface area contributed by atoms with Crippen LogP contribution >= 0.6 is 0 Å². The first kappa shape index (κ1) is 26.7. The molecule has 0 atom stereocenters. The van der Waals surface area contributed by atoms with Gasteiger partial charge < -0.3 is 24.9 Å². The van der Waals surface area contributed by atoms with Gasteiger partial charge in [0.25, 0.3) is 0 Å². The summed E-state index contributed by atoms with van der Waals surface area (Å²) in [5, 5.41) is 10.1. The zero-order chi connectivity index (χ0) is 26.3. The van der Waals surface area contributed by atoms with Gasteiger partial charge in [-0.05, 0) is 49.6 Å². The van der Waals surface area contributed by atoms with Gasteiger partial charge in [0.05, 0.1) is 11.9 Å². The quantitative estimate of drug-likeness (QED) is 0.450. The number of halogens is 4. The van der Waals surface area contributed by atoms with Crippen LogP contribution in [0.15, 0.2) is 42.9 Å². The number of hydrogen-bond donors (Lipinski definition) is 3. The van der Waals surface area contributed by atoms with Crippen molar-refractivity contribution < 1.29 is 32.3 Å². The number of benzene rings is 1. The van der Waals surface area contributed by atoms with Crippen molar-refractivity contribution in [3.63, 3.8) is 0 Å². The molecule has 194 valence electrons. The van der Waals surface area contributed by atoms with Gasteiger partial charge in [-0.1, -0.05) is 0 Å². The summed E-state index contributed by atoms with van der Waals surface area (Å²) in [5.74, 6) is -0.841. The number of aryl methyl sites for hydroxylation is 1. The van der Waals surface area contributed by atoms with Crippen molar-refractivity contribution in [1.29, 1.82) is 0 Å². The third-order valence-electron chi connectivity index (χ3n) is 5.71. The number of rotatable bonds is 5. The first-order chi connectivity index (χ1) is 17.0. The maximum absolute atomic E-state index is 13.1. The van der Waals surface area contributed by atoms with E-state index in [2.05, 4.69) is 20.3 Å². The van der Waals surface area contributed by atoms with E-state index in [0.29, 0.717) is 32.1 Å². The van der Waals surface area contributed by atoms with Crippen molar-refractivity contribution in [3.8, 4) is 11.3 Å². The number of likely N-dealkylation sites (tertiary alicyclic amines) is 1. The monoisotopic (exact) mass is 510 g/mol. The van der Waals surface area contributed by atoms with Crippen LogP contribution in [-0.4, -0.2) is 67.3 Å². The molecule has 2 amide bonds. The van der Waals surface area contributed by atoms with Gasteiger partial charge in [0.2, 0.25) is 0 Å². The van der Waals surface area contributed by atoms with E-state index < -0.39 is 12.1 Å². The highest BCUT2D eigenvalue weighted by Crippen LogP contribution is 2.28. The molecule has 0 spiro atoms. The number of nitrogens with zero attached hydrogens (tertiary/aromatic N) is 4. The first-order valence-electron chi connectivity index (χ1n) is 11.2. The Balaban J connectivity index is 0.000000454. The molecule has 1 aliphatic rings. The molecule has 0 saturated carbocycles. The fourth-order valence-corrected chi connectivity index (χ4v) is 3.71. The Labute approximate surface area is 204 Å². The highest BCUT2D eigenvalue weighted by molar-refractivity contribution is 5.74. The molecule has 3 aromatic rings. The lowest BCUT2D eigenvalue weighted by molar-refractivity contribution is -0.192. The van der Waals surface area contributed by atoms with Crippen molar-refractivity contribution in [2.24, 2.45) is 0 Å². The van der Waals surface area contributed by atoms with Crippen LogP contribution in [0.1, 0.15) is 30.4 Å². The SMILES string of the molecule is Cc1nccn1CCNC(=O)N1CCC(c2ncc(-c3ccc(F)cc3)[nH]2)CC1.O=C(O)C(F)(F)F. The minimum absolute atomic E-state index is 0.0207. The van der Waals surface area contributed by atoms with Gasteiger partial charge in [0.1, 0.15) is 17.5 Å². The Morgan fingerprint density at radius 3 is 2.36 bits per heavy atom. The van der Waals surface area contributed by atoms with E-state index in [9.17, 15) is 22.4 Å². The number of carbonyl (C=O) groups excluding carboxylic acids is 1. The smallest absolute Gasteiger partial charge is 0.475 e. The number of aliphatic carboxylic acids is 1. The highest BCUT2D eigenvalue weighted by Gasteiger charge is 2.38. The number of piperidine rings is 1. The van der Waals surface area contributed by atoms with Crippen LogP contribution < -0.4 is 5.32 Å². The standard InChI is InChI=1S/C21H25FN6O.C2HF3O2/c1-15-23-8-12-27(15)13-9-24-21(29)28-10-6-17(7-11-28)20-25-14-19(26-20)16-2-4-18(22)5-3-16;3-2(4,5)1(6)7/h2-5,8,12,14,17H,6-7,9-11,13H2,1H3,(H,24,29)(H,25,26);(H,6,7). The lowest BCUT2D eigenvalue weighted by Gasteiger charge is -2.31. The first-order valence-corrected chi connectivity index (χ1v) is 11.2. The molecule has 1 aromatic carbocycles. The Morgan fingerprint density at radius 2 is 1.81 bits per heavy atom. The fourth-order valence-electron chi connectivity index (χ4n) is 3.71. The number of carbonyl (C=O) groups is 2. The number of imidazole rings is 2. The Morgan fingerprint density at radius 1 is 1.17 bits per heavy atom. The van der Waals surface area contributed by atoms with E-state index in [1.165, 1.54) is 12.1 Å². The van der Waals surface area contributed by atoms with Crippen LogP contribution in [0.25, 0.3) is 11.3 Å². The summed E-state index contributed by atoms with van der Waals surface area (Å²) < 4.78 is 46.9. The molecule has 13 heteroatoms. The normalized spacial score (nSPS) is 14.2. The lowest BCUT2D eigenvalue weighted by atomic mass is 9.96. The molecule has 0 aliphatic carbocycles. The predicted octanol–water partition coefficient (Wildman–Crippen LogP) is 3.94. The molecule has 9 nitrogen and oxygen atoms in total. The van der Waals surface area contributed by atoms with Gasteiger partial charge in [-0.3, -0.25) is 0 Å².